The molecule has 108 valence electrons. The van der Waals surface area contributed by atoms with Gasteiger partial charge in [0.05, 0.1) is 6.04 Å². The van der Waals surface area contributed by atoms with E-state index in [1.807, 2.05) is 62.4 Å². The van der Waals surface area contributed by atoms with Crippen molar-refractivity contribution < 1.29 is 9.59 Å². The zero-order valence-corrected chi connectivity index (χ0v) is 12.3. The molecule has 3 nitrogen and oxygen atoms in total. The minimum Gasteiger partial charge on any atom is -0.342 e. The van der Waals surface area contributed by atoms with Crippen LogP contribution in [-0.2, 0) is 11.2 Å². The average Bonchev–Trinajstić information content (AvgIpc) is 2.47. The van der Waals surface area contributed by atoms with E-state index in [2.05, 4.69) is 5.32 Å². The predicted molar refractivity (Wildman–Crippen MR) is 83.4 cm³/mol. The molecule has 2 aromatic carbocycles. The Balaban J connectivity index is 2.12. The molecule has 0 heterocycles. The Kier molecular flexibility index (Phi) is 4.88. The van der Waals surface area contributed by atoms with Crippen LogP contribution >= 0.6 is 0 Å². The molecule has 1 N–H and O–H groups in total. The van der Waals surface area contributed by atoms with E-state index >= 15 is 0 Å². The van der Waals surface area contributed by atoms with Crippen LogP contribution in [0.25, 0.3) is 0 Å². The van der Waals surface area contributed by atoms with Crippen LogP contribution in [0.5, 0.6) is 0 Å². The Morgan fingerprint density at radius 1 is 1.05 bits per heavy atom. The fourth-order valence-electron chi connectivity index (χ4n) is 2.41. The Morgan fingerprint density at radius 2 is 1.67 bits per heavy atom. The largest absolute Gasteiger partial charge is 0.342 e. The van der Waals surface area contributed by atoms with Crippen molar-refractivity contribution in [2.24, 2.45) is 0 Å². The minimum atomic E-state index is -0.515. The number of rotatable bonds is 5. The van der Waals surface area contributed by atoms with E-state index in [-0.39, 0.29) is 5.91 Å². The number of carbonyl (C=O) groups excluding carboxylic acids is 2. The molecule has 0 fully saturated rings. The lowest BCUT2D eigenvalue weighted by Crippen LogP contribution is -2.38. The minimum absolute atomic E-state index is 0.196. The third kappa shape index (κ3) is 3.78. The molecule has 0 saturated carbocycles. The molecule has 0 aliphatic heterocycles. The van der Waals surface area contributed by atoms with Gasteiger partial charge in [0, 0.05) is 5.56 Å². The first-order chi connectivity index (χ1) is 10.1. The molecule has 3 heteroatoms. The van der Waals surface area contributed by atoms with E-state index in [4.69, 9.17) is 0 Å². The zero-order valence-electron chi connectivity index (χ0n) is 12.3. The quantitative estimate of drug-likeness (QED) is 0.857. The number of amides is 1. The van der Waals surface area contributed by atoms with Crippen LogP contribution in [0.2, 0.25) is 0 Å². The molecule has 1 atom stereocenters. The van der Waals surface area contributed by atoms with Crippen molar-refractivity contribution in [2.45, 2.75) is 26.3 Å². The van der Waals surface area contributed by atoms with Gasteiger partial charge in [-0.3, -0.25) is 4.79 Å². The van der Waals surface area contributed by atoms with Crippen molar-refractivity contribution in [1.82, 2.24) is 5.32 Å². The third-order valence-corrected chi connectivity index (χ3v) is 3.49. The second kappa shape index (κ2) is 6.84. The summed E-state index contributed by atoms with van der Waals surface area (Å²) < 4.78 is 0. The van der Waals surface area contributed by atoms with Crippen LogP contribution in [0, 0.1) is 13.8 Å². The second-order valence-corrected chi connectivity index (χ2v) is 5.17. The summed E-state index contributed by atoms with van der Waals surface area (Å²) in [5.41, 5.74) is 3.50. The summed E-state index contributed by atoms with van der Waals surface area (Å²) in [6.07, 6.45) is 1.29. The molecular weight excluding hydrogens is 262 g/mol. The SMILES string of the molecule is Cc1cccc(C)c1C(=O)N[C@H](C=O)Cc1ccccc1. The highest BCUT2D eigenvalue weighted by molar-refractivity contribution is 5.98. The molecule has 2 rings (SSSR count). The summed E-state index contributed by atoms with van der Waals surface area (Å²) in [5, 5.41) is 2.81. The number of benzene rings is 2. The van der Waals surface area contributed by atoms with Gasteiger partial charge in [-0.1, -0.05) is 48.5 Å². The van der Waals surface area contributed by atoms with Gasteiger partial charge in [0.2, 0.25) is 0 Å². The zero-order chi connectivity index (χ0) is 15.2. The Morgan fingerprint density at radius 3 is 2.24 bits per heavy atom. The second-order valence-electron chi connectivity index (χ2n) is 5.17. The summed E-state index contributed by atoms with van der Waals surface area (Å²) in [5.74, 6) is -0.196. The van der Waals surface area contributed by atoms with E-state index in [9.17, 15) is 9.59 Å². The number of hydrogen-bond donors (Lipinski definition) is 1. The van der Waals surface area contributed by atoms with Crippen LogP contribution in [-0.4, -0.2) is 18.2 Å². The van der Waals surface area contributed by atoms with E-state index < -0.39 is 6.04 Å². The molecule has 0 bridgehead atoms. The number of carbonyl (C=O) groups is 2. The highest BCUT2D eigenvalue weighted by atomic mass is 16.2. The van der Waals surface area contributed by atoms with Crippen LogP contribution in [0.15, 0.2) is 48.5 Å². The molecule has 2 aromatic rings. The molecule has 0 aromatic heterocycles. The topological polar surface area (TPSA) is 46.2 Å². The maximum absolute atomic E-state index is 12.4. The Bertz CT molecular complexity index is 615. The number of hydrogen-bond acceptors (Lipinski definition) is 2. The van der Waals surface area contributed by atoms with Crippen molar-refractivity contribution in [3.63, 3.8) is 0 Å². The highest BCUT2D eigenvalue weighted by Gasteiger charge is 2.16. The molecule has 0 aliphatic rings. The van der Waals surface area contributed by atoms with Crippen LogP contribution in [0.3, 0.4) is 0 Å². The lowest BCUT2D eigenvalue weighted by Gasteiger charge is -2.15. The fourth-order valence-corrected chi connectivity index (χ4v) is 2.41. The van der Waals surface area contributed by atoms with Gasteiger partial charge in [-0.25, -0.2) is 0 Å². The van der Waals surface area contributed by atoms with Gasteiger partial charge in [-0.05, 0) is 37.0 Å². The van der Waals surface area contributed by atoms with Crippen LogP contribution in [0.1, 0.15) is 27.0 Å². The summed E-state index contributed by atoms with van der Waals surface area (Å²) in [4.78, 5) is 23.6. The predicted octanol–water partition coefficient (Wildman–Crippen LogP) is 2.84. The van der Waals surface area contributed by atoms with Crippen molar-refractivity contribution in [3.05, 3.63) is 70.8 Å². The van der Waals surface area contributed by atoms with E-state index in [0.717, 1.165) is 23.0 Å². The van der Waals surface area contributed by atoms with E-state index in [1.165, 1.54) is 0 Å². The number of aldehydes is 1. The molecule has 1 amide bonds. The molecule has 0 unspecified atom stereocenters. The standard InChI is InChI=1S/C18H19NO2/c1-13-7-6-8-14(2)17(13)18(21)19-16(12-20)11-15-9-4-3-5-10-15/h3-10,12,16H,11H2,1-2H3,(H,19,21)/t16-/m0/s1. The van der Waals surface area contributed by atoms with Gasteiger partial charge in [-0.2, -0.15) is 0 Å². The average molecular weight is 281 g/mol. The van der Waals surface area contributed by atoms with Gasteiger partial charge in [-0.15, -0.1) is 0 Å². The summed E-state index contributed by atoms with van der Waals surface area (Å²) >= 11 is 0. The van der Waals surface area contributed by atoms with E-state index in [0.29, 0.717) is 12.0 Å². The van der Waals surface area contributed by atoms with Crippen LogP contribution < -0.4 is 5.32 Å². The molecule has 21 heavy (non-hydrogen) atoms. The van der Waals surface area contributed by atoms with Crippen molar-refractivity contribution >= 4 is 12.2 Å². The maximum Gasteiger partial charge on any atom is 0.252 e. The Hall–Kier alpha value is -2.42. The number of aryl methyl sites for hydroxylation is 2. The van der Waals surface area contributed by atoms with Gasteiger partial charge < -0.3 is 10.1 Å². The smallest absolute Gasteiger partial charge is 0.252 e. The molecular formula is C18H19NO2. The van der Waals surface area contributed by atoms with Gasteiger partial charge >= 0.3 is 0 Å². The normalized spacial score (nSPS) is 11.7. The highest BCUT2D eigenvalue weighted by Crippen LogP contribution is 2.13. The lowest BCUT2D eigenvalue weighted by molar-refractivity contribution is -0.109. The summed E-state index contributed by atoms with van der Waals surface area (Å²) in [6.45, 7) is 3.80. The Labute approximate surface area is 125 Å². The van der Waals surface area contributed by atoms with Crippen molar-refractivity contribution in [1.29, 1.82) is 0 Å². The number of nitrogens with one attached hydrogen (secondary N) is 1. The van der Waals surface area contributed by atoms with Crippen molar-refractivity contribution in [3.8, 4) is 0 Å². The fraction of sp³-hybridized carbons (Fsp3) is 0.222. The first-order valence-corrected chi connectivity index (χ1v) is 6.98. The van der Waals surface area contributed by atoms with Crippen LogP contribution in [0.4, 0.5) is 0 Å². The summed E-state index contributed by atoms with van der Waals surface area (Å²) in [7, 11) is 0. The summed E-state index contributed by atoms with van der Waals surface area (Å²) in [6, 6.07) is 14.9. The maximum atomic E-state index is 12.4. The first-order valence-electron chi connectivity index (χ1n) is 6.98. The lowest BCUT2D eigenvalue weighted by atomic mass is 10.0. The molecule has 0 aliphatic carbocycles. The molecule has 0 radical (unpaired) electrons. The third-order valence-electron chi connectivity index (χ3n) is 3.49. The molecule has 0 spiro atoms. The van der Waals surface area contributed by atoms with E-state index in [1.54, 1.807) is 0 Å². The van der Waals surface area contributed by atoms with Crippen molar-refractivity contribution in [2.75, 3.05) is 0 Å². The monoisotopic (exact) mass is 281 g/mol. The van der Waals surface area contributed by atoms with Gasteiger partial charge in [0.25, 0.3) is 5.91 Å². The van der Waals surface area contributed by atoms with Gasteiger partial charge in [0.1, 0.15) is 6.29 Å². The first kappa shape index (κ1) is 15.0. The molecule has 0 saturated heterocycles. The van der Waals surface area contributed by atoms with Gasteiger partial charge in [0.15, 0.2) is 0 Å².